The van der Waals surface area contributed by atoms with Gasteiger partial charge in [0.05, 0.1) is 31.5 Å². The van der Waals surface area contributed by atoms with Crippen molar-refractivity contribution >= 4 is 56.5 Å². The van der Waals surface area contributed by atoms with E-state index in [2.05, 4.69) is 26.6 Å². The van der Waals surface area contributed by atoms with Crippen molar-refractivity contribution in [2.24, 2.45) is 0 Å². The second-order valence-corrected chi connectivity index (χ2v) is 7.47. The van der Waals surface area contributed by atoms with Crippen LogP contribution in [0.5, 0.6) is 5.75 Å². The average molecular weight is 468 g/mol. The van der Waals surface area contributed by atoms with Crippen LogP contribution in [0, 0.1) is 0 Å². The molecule has 140 valence electrons. The second-order valence-electron chi connectivity index (χ2n) is 5.70. The van der Waals surface area contributed by atoms with E-state index in [0.29, 0.717) is 27.2 Å². The predicted octanol–water partition coefficient (Wildman–Crippen LogP) is 4.21. The zero-order valence-corrected chi connectivity index (χ0v) is 17.7. The van der Waals surface area contributed by atoms with Crippen LogP contribution < -0.4 is 15.4 Å². The van der Waals surface area contributed by atoms with E-state index in [9.17, 15) is 4.79 Å². The summed E-state index contributed by atoms with van der Waals surface area (Å²) in [5.41, 5.74) is 2.48. The number of hydrogen-bond donors (Lipinski definition) is 2. The summed E-state index contributed by atoms with van der Waals surface area (Å²) in [5.74, 6) is 0.145. The van der Waals surface area contributed by atoms with Crippen molar-refractivity contribution in [3.05, 3.63) is 68.7 Å². The molecule has 0 spiro atoms. The van der Waals surface area contributed by atoms with Crippen LogP contribution in [-0.4, -0.2) is 25.3 Å². The van der Waals surface area contributed by atoms with Gasteiger partial charge in [-0.1, -0.05) is 39.7 Å². The van der Waals surface area contributed by atoms with Crippen LogP contribution in [0.2, 0.25) is 5.02 Å². The highest BCUT2D eigenvalue weighted by Crippen LogP contribution is 2.37. The Hall–Kier alpha value is -2.09. The van der Waals surface area contributed by atoms with Gasteiger partial charge in [-0.3, -0.25) is 0 Å². The molecular weight excluding hydrogens is 452 g/mol. The Labute approximate surface area is 175 Å². The van der Waals surface area contributed by atoms with Gasteiger partial charge in [0.2, 0.25) is 0 Å². The number of thiocarbonyl (C=S) groups is 1. The van der Waals surface area contributed by atoms with Crippen LogP contribution >= 0.6 is 39.7 Å². The fourth-order valence-electron chi connectivity index (χ4n) is 2.90. The zero-order valence-electron chi connectivity index (χ0n) is 14.5. The van der Waals surface area contributed by atoms with Crippen molar-refractivity contribution in [3.8, 4) is 5.75 Å². The maximum absolute atomic E-state index is 12.7. The molecule has 0 saturated carbocycles. The van der Waals surface area contributed by atoms with Crippen LogP contribution in [-0.2, 0) is 9.53 Å². The number of carbonyl (C=O) groups excluding carboxylic acids is 1. The summed E-state index contributed by atoms with van der Waals surface area (Å²) < 4.78 is 11.4. The Balaban J connectivity index is 2.24. The minimum Gasteiger partial charge on any atom is -0.496 e. The monoisotopic (exact) mass is 466 g/mol. The fourth-order valence-corrected chi connectivity index (χ4v) is 3.63. The minimum atomic E-state index is -0.552. The van der Waals surface area contributed by atoms with Crippen LogP contribution in [0.15, 0.2) is 52.5 Å². The van der Waals surface area contributed by atoms with Gasteiger partial charge in [0, 0.05) is 15.1 Å². The Morgan fingerprint density at radius 3 is 2.52 bits per heavy atom. The molecule has 1 aliphatic heterocycles. The van der Waals surface area contributed by atoms with Crippen molar-refractivity contribution in [3.63, 3.8) is 0 Å². The average Bonchev–Trinajstić information content (AvgIpc) is 2.67. The van der Waals surface area contributed by atoms with Crippen molar-refractivity contribution < 1.29 is 14.3 Å². The molecule has 3 rings (SSSR count). The molecule has 1 heterocycles. The molecule has 27 heavy (non-hydrogen) atoms. The van der Waals surface area contributed by atoms with Crippen molar-refractivity contribution in [2.75, 3.05) is 14.2 Å². The largest absolute Gasteiger partial charge is 0.496 e. The summed E-state index contributed by atoms with van der Waals surface area (Å²) in [6, 6.07) is 12.2. The van der Waals surface area contributed by atoms with Crippen LogP contribution in [0.4, 0.5) is 0 Å². The molecule has 2 N–H and O–H groups in total. The molecule has 0 aliphatic carbocycles. The maximum Gasteiger partial charge on any atom is 0.338 e. The van der Waals surface area contributed by atoms with E-state index in [1.54, 1.807) is 19.2 Å². The molecule has 5 nitrogen and oxygen atoms in total. The number of hydrogen-bond acceptors (Lipinski definition) is 4. The number of ether oxygens (including phenoxy) is 2. The van der Waals surface area contributed by atoms with Crippen LogP contribution in [0.1, 0.15) is 17.2 Å². The highest BCUT2D eigenvalue weighted by atomic mass is 79.9. The summed E-state index contributed by atoms with van der Waals surface area (Å²) in [6.07, 6.45) is 0. The Kier molecular flexibility index (Phi) is 6.04. The Morgan fingerprint density at radius 1 is 1.19 bits per heavy atom. The van der Waals surface area contributed by atoms with Crippen molar-refractivity contribution in [1.82, 2.24) is 10.6 Å². The molecule has 1 atom stereocenters. The molecule has 2 aromatic rings. The van der Waals surface area contributed by atoms with Gasteiger partial charge in [0.25, 0.3) is 0 Å². The summed E-state index contributed by atoms with van der Waals surface area (Å²) >= 11 is 14.9. The number of benzene rings is 2. The molecule has 0 radical (unpaired) electrons. The molecule has 0 bridgehead atoms. The lowest BCUT2D eigenvalue weighted by Gasteiger charge is -2.31. The van der Waals surface area contributed by atoms with Gasteiger partial charge in [-0.05, 0) is 48.1 Å². The standard InChI is InChI=1S/C19H16BrClN2O3S/c1-25-14-8-5-11(20)9-13(14)17-15(18(24)26-2)16(22-19(27)23-17)10-3-6-12(21)7-4-10/h3-9,17H,1-2H3,(H2,22,23,27)/t17-/m0/s1. The van der Waals surface area contributed by atoms with Gasteiger partial charge in [-0.25, -0.2) is 4.79 Å². The van der Waals surface area contributed by atoms with Crippen molar-refractivity contribution in [1.29, 1.82) is 0 Å². The number of methoxy groups -OCH3 is 2. The molecule has 8 heteroatoms. The van der Waals surface area contributed by atoms with Gasteiger partial charge < -0.3 is 20.1 Å². The van der Waals surface area contributed by atoms with E-state index in [-0.39, 0.29) is 0 Å². The normalized spacial score (nSPS) is 16.4. The van der Waals surface area contributed by atoms with Gasteiger partial charge in [0.1, 0.15) is 5.75 Å². The highest BCUT2D eigenvalue weighted by molar-refractivity contribution is 9.10. The third kappa shape index (κ3) is 4.10. The first kappa shape index (κ1) is 19.7. The van der Waals surface area contributed by atoms with Crippen LogP contribution in [0.3, 0.4) is 0 Å². The molecule has 0 amide bonds. The predicted molar refractivity (Wildman–Crippen MR) is 113 cm³/mol. The smallest absolute Gasteiger partial charge is 0.338 e. The molecule has 2 aromatic carbocycles. The SMILES string of the molecule is COC(=O)C1=C(c2ccc(Cl)cc2)NC(=S)N[C@H]1c1cc(Br)ccc1OC. The Morgan fingerprint density at radius 2 is 1.89 bits per heavy atom. The third-order valence-corrected chi connectivity index (χ3v) is 5.08. The van der Waals surface area contributed by atoms with Crippen LogP contribution in [0.25, 0.3) is 5.70 Å². The summed E-state index contributed by atoms with van der Waals surface area (Å²) in [4.78, 5) is 12.7. The van der Waals surface area contributed by atoms with Gasteiger partial charge >= 0.3 is 5.97 Å². The summed E-state index contributed by atoms with van der Waals surface area (Å²) in [6.45, 7) is 0. The first-order valence-electron chi connectivity index (χ1n) is 7.94. The topological polar surface area (TPSA) is 59.6 Å². The molecule has 0 aromatic heterocycles. The molecule has 0 saturated heterocycles. The summed E-state index contributed by atoms with van der Waals surface area (Å²) in [7, 11) is 2.92. The lowest BCUT2D eigenvalue weighted by molar-refractivity contribution is -0.136. The van der Waals surface area contributed by atoms with E-state index >= 15 is 0 Å². The lowest BCUT2D eigenvalue weighted by atomic mass is 9.92. The van der Waals surface area contributed by atoms with E-state index in [0.717, 1.165) is 15.6 Å². The fraction of sp³-hybridized carbons (Fsp3) is 0.158. The zero-order chi connectivity index (χ0) is 19.6. The highest BCUT2D eigenvalue weighted by Gasteiger charge is 2.34. The van der Waals surface area contributed by atoms with E-state index in [1.807, 2.05) is 30.3 Å². The van der Waals surface area contributed by atoms with E-state index in [1.165, 1.54) is 7.11 Å². The number of halogens is 2. The minimum absolute atomic E-state index is 0.389. The molecule has 1 aliphatic rings. The number of esters is 1. The van der Waals surface area contributed by atoms with Crippen molar-refractivity contribution in [2.45, 2.75) is 6.04 Å². The number of nitrogens with one attached hydrogen (secondary N) is 2. The first-order chi connectivity index (χ1) is 12.9. The maximum atomic E-state index is 12.7. The lowest BCUT2D eigenvalue weighted by Crippen LogP contribution is -2.45. The third-order valence-electron chi connectivity index (χ3n) is 4.11. The Bertz CT molecular complexity index is 931. The summed E-state index contributed by atoms with van der Waals surface area (Å²) in [5, 5.41) is 7.20. The van der Waals surface area contributed by atoms with E-state index < -0.39 is 12.0 Å². The van der Waals surface area contributed by atoms with E-state index in [4.69, 9.17) is 33.3 Å². The van der Waals surface area contributed by atoms with Gasteiger partial charge in [-0.15, -0.1) is 0 Å². The number of rotatable bonds is 4. The molecule has 0 fully saturated rings. The molecule has 0 unspecified atom stereocenters. The second kappa shape index (κ2) is 8.29. The quantitative estimate of drug-likeness (QED) is 0.519. The van der Waals surface area contributed by atoms with Gasteiger partial charge in [0.15, 0.2) is 5.11 Å². The molecular formula is C19H16BrClN2O3S. The van der Waals surface area contributed by atoms with Gasteiger partial charge in [-0.2, -0.15) is 0 Å². The first-order valence-corrected chi connectivity index (χ1v) is 9.52. The number of carbonyl (C=O) groups is 1.